The second-order valence-electron chi connectivity index (χ2n) is 4.66. The summed E-state index contributed by atoms with van der Waals surface area (Å²) in [6.45, 7) is 3.28. The van der Waals surface area contributed by atoms with Gasteiger partial charge in [-0.05, 0) is 33.0 Å². The number of carbonyl (C=O) groups excluding carboxylic acids is 2. The minimum absolute atomic E-state index is 0. The quantitative estimate of drug-likeness (QED) is 0.666. The molecule has 128 valence electrons. The van der Waals surface area contributed by atoms with Crippen molar-refractivity contribution in [3.8, 4) is 0 Å². The lowest BCUT2D eigenvalue weighted by Gasteiger charge is -2.21. The van der Waals surface area contributed by atoms with Crippen molar-refractivity contribution in [2.75, 3.05) is 33.7 Å². The molecule has 0 saturated carbocycles. The van der Waals surface area contributed by atoms with Crippen LogP contribution in [-0.4, -0.2) is 60.2 Å². The Morgan fingerprint density at radius 1 is 1.32 bits per heavy atom. The van der Waals surface area contributed by atoms with Crippen molar-refractivity contribution in [2.45, 2.75) is 19.4 Å². The van der Waals surface area contributed by atoms with Crippen molar-refractivity contribution in [3.63, 3.8) is 0 Å². The molecule has 9 heteroatoms. The Hall–Kier alpha value is -1.31. The first-order valence-electron chi connectivity index (χ1n) is 6.71. The lowest BCUT2D eigenvalue weighted by Crippen LogP contribution is -2.41. The van der Waals surface area contributed by atoms with Crippen molar-refractivity contribution in [1.29, 1.82) is 0 Å². The molecule has 0 saturated heterocycles. The Balaban J connectivity index is 0. The Kier molecular flexibility index (Phi) is 12.8. The number of aromatic nitrogens is 2. The first-order valence-corrected chi connectivity index (χ1v) is 6.71. The van der Waals surface area contributed by atoms with Gasteiger partial charge in [0.1, 0.15) is 6.04 Å². The van der Waals surface area contributed by atoms with Gasteiger partial charge in [0.15, 0.2) is 0 Å². The predicted octanol–water partition coefficient (Wildman–Crippen LogP) is 0.472. The summed E-state index contributed by atoms with van der Waals surface area (Å²) in [5.41, 5.74) is 0. The van der Waals surface area contributed by atoms with Crippen molar-refractivity contribution in [3.05, 3.63) is 18.5 Å². The summed E-state index contributed by atoms with van der Waals surface area (Å²) in [7, 11) is 3.49. The fourth-order valence-electron chi connectivity index (χ4n) is 1.78. The van der Waals surface area contributed by atoms with Crippen molar-refractivity contribution < 1.29 is 9.59 Å². The number of halogens is 2. The van der Waals surface area contributed by atoms with Crippen LogP contribution in [-0.2, 0) is 9.59 Å². The molecule has 22 heavy (non-hydrogen) atoms. The molecule has 0 bridgehead atoms. The minimum atomic E-state index is -0.410. The lowest BCUT2D eigenvalue weighted by atomic mass is 10.3. The van der Waals surface area contributed by atoms with Gasteiger partial charge in [0, 0.05) is 26.0 Å². The molecule has 1 rings (SSSR count). The van der Waals surface area contributed by atoms with Crippen LogP contribution in [0.5, 0.6) is 0 Å². The van der Waals surface area contributed by atoms with Crippen LogP contribution in [0.2, 0.25) is 0 Å². The first kappa shape index (κ1) is 23.0. The van der Waals surface area contributed by atoms with Gasteiger partial charge in [-0.2, -0.15) is 5.10 Å². The SMILES string of the molecule is CNCCCNC(=O)CN(C)C(=O)C(C)n1cccn1.Cl.Cl. The van der Waals surface area contributed by atoms with Crippen molar-refractivity contribution in [1.82, 2.24) is 25.3 Å². The number of rotatable bonds is 8. The largest absolute Gasteiger partial charge is 0.355 e. The van der Waals surface area contributed by atoms with Crippen LogP contribution in [0.3, 0.4) is 0 Å². The Bertz CT molecular complexity index is 428. The summed E-state index contributed by atoms with van der Waals surface area (Å²) in [4.78, 5) is 25.2. The van der Waals surface area contributed by atoms with Gasteiger partial charge in [-0.25, -0.2) is 0 Å². The Morgan fingerprint density at radius 3 is 2.55 bits per heavy atom. The zero-order chi connectivity index (χ0) is 15.0. The minimum Gasteiger partial charge on any atom is -0.355 e. The maximum Gasteiger partial charge on any atom is 0.247 e. The highest BCUT2D eigenvalue weighted by Crippen LogP contribution is 2.06. The van der Waals surface area contributed by atoms with Crippen LogP contribution < -0.4 is 10.6 Å². The molecule has 0 aliphatic rings. The molecule has 1 aromatic rings. The van der Waals surface area contributed by atoms with E-state index in [1.807, 2.05) is 7.05 Å². The third-order valence-corrected chi connectivity index (χ3v) is 2.96. The molecule has 1 atom stereocenters. The third-order valence-electron chi connectivity index (χ3n) is 2.96. The molecule has 1 heterocycles. The average molecular weight is 354 g/mol. The van der Waals surface area contributed by atoms with Gasteiger partial charge in [-0.15, -0.1) is 24.8 Å². The second kappa shape index (κ2) is 12.3. The zero-order valence-corrected chi connectivity index (χ0v) is 14.7. The average Bonchev–Trinajstić information content (AvgIpc) is 2.96. The standard InChI is InChI=1S/C13H23N5O2.2ClH/c1-11(18-9-5-8-16-18)13(20)17(3)10-12(19)15-7-4-6-14-2;;/h5,8-9,11,14H,4,6-7,10H2,1-3H3,(H,15,19);2*1H. The number of nitrogens with one attached hydrogen (secondary N) is 2. The summed E-state index contributed by atoms with van der Waals surface area (Å²) in [6.07, 6.45) is 4.22. The highest BCUT2D eigenvalue weighted by atomic mass is 35.5. The molecule has 2 N–H and O–H groups in total. The van der Waals surface area contributed by atoms with E-state index in [-0.39, 0.29) is 43.2 Å². The molecule has 7 nitrogen and oxygen atoms in total. The topological polar surface area (TPSA) is 79.3 Å². The van der Waals surface area contributed by atoms with E-state index < -0.39 is 6.04 Å². The smallest absolute Gasteiger partial charge is 0.247 e. The molecular weight excluding hydrogens is 329 g/mol. The van der Waals surface area contributed by atoms with E-state index in [1.165, 1.54) is 4.90 Å². The van der Waals surface area contributed by atoms with Crippen LogP contribution in [0.1, 0.15) is 19.4 Å². The van der Waals surface area contributed by atoms with Crippen molar-refractivity contribution >= 4 is 36.6 Å². The van der Waals surface area contributed by atoms with E-state index in [2.05, 4.69) is 15.7 Å². The molecule has 0 aromatic carbocycles. The Morgan fingerprint density at radius 2 is 2.00 bits per heavy atom. The molecule has 0 radical (unpaired) electrons. The van der Waals surface area contributed by atoms with Crippen LogP contribution in [0, 0.1) is 0 Å². The summed E-state index contributed by atoms with van der Waals surface area (Å²) >= 11 is 0. The lowest BCUT2D eigenvalue weighted by molar-refractivity contribution is -0.137. The van der Waals surface area contributed by atoms with Crippen LogP contribution in [0.25, 0.3) is 0 Å². The highest BCUT2D eigenvalue weighted by molar-refractivity contribution is 5.86. The summed E-state index contributed by atoms with van der Waals surface area (Å²) in [5.74, 6) is -0.288. The molecule has 0 spiro atoms. The molecule has 0 fully saturated rings. The molecule has 2 amide bonds. The van der Waals surface area contributed by atoms with Crippen LogP contribution in [0.4, 0.5) is 0 Å². The van der Waals surface area contributed by atoms with Gasteiger partial charge >= 0.3 is 0 Å². The number of nitrogens with zero attached hydrogens (tertiary/aromatic N) is 3. The van der Waals surface area contributed by atoms with Gasteiger partial charge < -0.3 is 15.5 Å². The van der Waals surface area contributed by atoms with E-state index in [0.29, 0.717) is 6.54 Å². The number of hydrogen-bond donors (Lipinski definition) is 2. The predicted molar refractivity (Wildman–Crippen MR) is 90.6 cm³/mol. The maximum atomic E-state index is 12.1. The normalized spacial score (nSPS) is 10.9. The van der Waals surface area contributed by atoms with Gasteiger partial charge in [0.25, 0.3) is 0 Å². The zero-order valence-electron chi connectivity index (χ0n) is 13.1. The second-order valence-corrected chi connectivity index (χ2v) is 4.66. The van der Waals surface area contributed by atoms with E-state index in [0.717, 1.165) is 13.0 Å². The molecule has 1 unspecified atom stereocenters. The van der Waals surface area contributed by atoms with Crippen molar-refractivity contribution in [2.24, 2.45) is 0 Å². The van der Waals surface area contributed by atoms with E-state index >= 15 is 0 Å². The van der Waals surface area contributed by atoms with E-state index in [9.17, 15) is 9.59 Å². The molecular formula is C13H25Cl2N5O2. The third kappa shape index (κ3) is 7.63. The summed E-state index contributed by atoms with van der Waals surface area (Å²) in [5, 5.41) is 9.82. The summed E-state index contributed by atoms with van der Waals surface area (Å²) < 4.78 is 1.57. The molecule has 0 aliphatic heterocycles. The number of amides is 2. The highest BCUT2D eigenvalue weighted by Gasteiger charge is 2.20. The maximum absolute atomic E-state index is 12.1. The van der Waals surface area contributed by atoms with Gasteiger partial charge in [-0.1, -0.05) is 0 Å². The number of likely N-dealkylation sites (N-methyl/N-ethyl adjacent to an activating group) is 1. The Labute approximate surface area is 143 Å². The van der Waals surface area contributed by atoms with E-state index in [4.69, 9.17) is 0 Å². The fourth-order valence-corrected chi connectivity index (χ4v) is 1.78. The van der Waals surface area contributed by atoms with Gasteiger partial charge in [0.2, 0.25) is 11.8 Å². The van der Waals surface area contributed by atoms with E-state index in [1.54, 1.807) is 37.1 Å². The molecule has 0 aliphatic carbocycles. The van der Waals surface area contributed by atoms with Gasteiger partial charge in [0.05, 0.1) is 6.54 Å². The first-order chi connectivity index (χ1) is 9.56. The van der Waals surface area contributed by atoms with Crippen LogP contribution in [0.15, 0.2) is 18.5 Å². The molecule has 1 aromatic heterocycles. The van der Waals surface area contributed by atoms with Gasteiger partial charge in [-0.3, -0.25) is 14.3 Å². The summed E-state index contributed by atoms with van der Waals surface area (Å²) in [6, 6.07) is 1.35. The number of hydrogen-bond acceptors (Lipinski definition) is 4. The number of carbonyl (C=O) groups is 2. The monoisotopic (exact) mass is 353 g/mol. The van der Waals surface area contributed by atoms with Crippen LogP contribution >= 0.6 is 24.8 Å². The fraction of sp³-hybridized carbons (Fsp3) is 0.615.